The van der Waals surface area contributed by atoms with Crippen molar-refractivity contribution < 1.29 is 0 Å². The average Bonchev–Trinajstić information content (AvgIpc) is 2.59. The van der Waals surface area contributed by atoms with E-state index in [1.807, 2.05) is 6.08 Å². The molecule has 2 rings (SSSR count). The van der Waals surface area contributed by atoms with Gasteiger partial charge in [0.05, 0.1) is 5.71 Å². The van der Waals surface area contributed by atoms with Crippen molar-refractivity contribution in [3.05, 3.63) is 77.4 Å². The largest absolute Gasteiger partial charge is 0.304 e. The van der Waals surface area contributed by atoms with Crippen LogP contribution >= 0.6 is 0 Å². The number of likely N-dealkylation sites (N-methyl/N-ethyl adjacent to an activating group) is 1. The Morgan fingerprint density at radius 3 is 2.46 bits per heavy atom. The van der Waals surface area contributed by atoms with Gasteiger partial charge in [-0.2, -0.15) is 0 Å². The van der Waals surface area contributed by atoms with E-state index in [0.717, 1.165) is 37.2 Å². The third kappa shape index (κ3) is 5.17. The number of aliphatic imine (C=N–C) groups is 1. The van der Waals surface area contributed by atoms with Crippen LogP contribution < -0.4 is 0 Å². The van der Waals surface area contributed by atoms with Crippen LogP contribution in [0, 0.1) is 0 Å². The normalized spacial score (nSPS) is 11.8. The van der Waals surface area contributed by atoms with Crippen LogP contribution in [-0.4, -0.2) is 37.8 Å². The highest BCUT2D eigenvalue weighted by Gasteiger charge is 2.10. The Balaban J connectivity index is 2.38. The molecule has 2 aromatic carbocycles. The van der Waals surface area contributed by atoms with E-state index in [9.17, 15) is 0 Å². The van der Waals surface area contributed by atoms with Crippen LogP contribution in [-0.2, 0) is 6.42 Å². The maximum absolute atomic E-state index is 4.84. The molecule has 0 aliphatic rings. The molecule has 0 fully saturated rings. The Bertz CT molecular complexity index is 684. The molecule has 0 aliphatic heterocycles. The Hall–Kier alpha value is -2.19. The van der Waals surface area contributed by atoms with Crippen LogP contribution in [0.15, 0.2) is 60.1 Å². The van der Waals surface area contributed by atoms with Crippen molar-refractivity contribution in [3.8, 4) is 0 Å². The molecular formula is C22H28N2. The van der Waals surface area contributed by atoms with Crippen molar-refractivity contribution in [2.24, 2.45) is 4.99 Å². The van der Waals surface area contributed by atoms with Gasteiger partial charge in [0.2, 0.25) is 0 Å². The van der Waals surface area contributed by atoms with Gasteiger partial charge in [-0.05, 0) is 49.7 Å². The van der Waals surface area contributed by atoms with Crippen LogP contribution in [0.3, 0.4) is 0 Å². The maximum Gasteiger partial charge on any atom is 0.0566 e. The van der Waals surface area contributed by atoms with Crippen molar-refractivity contribution in [2.45, 2.75) is 19.8 Å². The Kier molecular flexibility index (Phi) is 6.95. The van der Waals surface area contributed by atoms with Gasteiger partial charge in [0.15, 0.2) is 0 Å². The van der Waals surface area contributed by atoms with E-state index in [2.05, 4.69) is 81.0 Å². The van der Waals surface area contributed by atoms with Gasteiger partial charge >= 0.3 is 0 Å². The van der Waals surface area contributed by atoms with E-state index in [1.165, 1.54) is 16.7 Å². The summed E-state index contributed by atoms with van der Waals surface area (Å²) in [5.41, 5.74) is 6.15. The van der Waals surface area contributed by atoms with Crippen LogP contribution in [0.25, 0.3) is 6.08 Å². The third-order valence-corrected chi connectivity index (χ3v) is 3.89. The molecule has 0 N–H and O–H groups in total. The second-order valence-electron chi connectivity index (χ2n) is 6.35. The highest BCUT2D eigenvalue weighted by atomic mass is 15.1. The SMILES string of the molecule is C=Cc1ccc(Cc2ccccc2)cc1/C(CN(C)C)=N\CCC. The Morgan fingerprint density at radius 1 is 1.08 bits per heavy atom. The lowest BCUT2D eigenvalue weighted by atomic mass is 9.96. The summed E-state index contributed by atoms with van der Waals surface area (Å²) in [6, 6.07) is 17.2. The molecule has 0 radical (unpaired) electrons. The van der Waals surface area contributed by atoms with Crippen molar-refractivity contribution >= 4 is 11.8 Å². The van der Waals surface area contributed by atoms with E-state index in [4.69, 9.17) is 4.99 Å². The van der Waals surface area contributed by atoms with Crippen molar-refractivity contribution in [1.29, 1.82) is 0 Å². The zero-order valence-corrected chi connectivity index (χ0v) is 15.1. The Morgan fingerprint density at radius 2 is 1.83 bits per heavy atom. The second-order valence-corrected chi connectivity index (χ2v) is 6.35. The predicted octanol–water partition coefficient (Wildman–Crippen LogP) is 4.68. The zero-order chi connectivity index (χ0) is 17.4. The molecule has 0 atom stereocenters. The summed E-state index contributed by atoms with van der Waals surface area (Å²) in [5, 5.41) is 0. The molecule has 0 unspecified atom stereocenters. The number of hydrogen-bond donors (Lipinski definition) is 0. The van der Waals surface area contributed by atoms with E-state index < -0.39 is 0 Å². The minimum atomic E-state index is 0.843. The first-order valence-corrected chi connectivity index (χ1v) is 8.61. The standard InChI is InChI=1S/C22H28N2/c1-5-14-23-22(17-24(3)4)21-16-19(12-13-20(21)6-2)15-18-10-8-7-9-11-18/h6-13,16H,2,5,14-15,17H2,1,3-4H3/b23-22-. The van der Waals surface area contributed by atoms with E-state index in [0.29, 0.717) is 0 Å². The summed E-state index contributed by atoms with van der Waals surface area (Å²) in [7, 11) is 4.17. The lowest BCUT2D eigenvalue weighted by Crippen LogP contribution is -2.23. The molecule has 2 nitrogen and oxygen atoms in total. The predicted molar refractivity (Wildman–Crippen MR) is 106 cm³/mol. The second kappa shape index (κ2) is 9.19. The van der Waals surface area contributed by atoms with Gasteiger partial charge in [-0.15, -0.1) is 0 Å². The molecule has 0 amide bonds. The first-order chi connectivity index (χ1) is 11.6. The van der Waals surface area contributed by atoms with Crippen LogP contribution in [0.5, 0.6) is 0 Å². The number of hydrogen-bond acceptors (Lipinski definition) is 2. The fourth-order valence-electron chi connectivity index (χ4n) is 2.74. The summed E-state index contributed by atoms with van der Waals surface area (Å²) in [6.07, 6.45) is 3.93. The molecule has 24 heavy (non-hydrogen) atoms. The minimum Gasteiger partial charge on any atom is -0.304 e. The molecule has 0 spiro atoms. The fourth-order valence-corrected chi connectivity index (χ4v) is 2.74. The summed E-state index contributed by atoms with van der Waals surface area (Å²) in [4.78, 5) is 7.01. The molecule has 0 saturated carbocycles. The van der Waals surface area contributed by atoms with Crippen molar-refractivity contribution in [1.82, 2.24) is 4.90 Å². The van der Waals surface area contributed by atoms with Gasteiger partial charge in [-0.1, -0.05) is 62.0 Å². The van der Waals surface area contributed by atoms with Crippen molar-refractivity contribution in [3.63, 3.8) is 0 Å². The molecule has 126 valence electrons. The maximum atomic E-state index is 4.84. The highest BCUT2D eigenvalue weighted by molar-refractivity contribution is 6.05. The summed E-state index contributed by atoms with van der Waals surface area (Å²) in [6.45, 7) is 7.85. The Labute approximate surface area is 146 Å². The quantitative estimate of drug-likeness (QED) is 0.645. The van der Waals surface area contributed by atoms with Gasteiger partial charge in [0.25, 0.3) is 0 Å². The van der Waals surface area contributed by atoms with Gasteiger partial charge in [0.1, 0.15) is 0 Å². The van der Waals surface area contributed by atoms with Crippen LogP contribution in [0.1, 0.15) is 35.6 Å². The smallest absolute Gasteiger partial charge is 0.0566 e. The summed E-state index contributed by atoms with van der Waals surface area (Å²) in [5.74, 6) is 0. The molecule has 0 aromatic heterocycles. The lowest BCUT2D eigenvalue weighted by molar-refractivity contribution is 0.469. The number of nitrogens with zero attached hydrogens (tertiary/aromatic N) is 2. The van der Waals surface area contributed by atoms with Gasteiger partial charge < -0.3 is 4.90 Å². The van der Waals surface area contributed by atoms with Crippen LogP contribution in [0.2, 0.25) is 0 Å². The monoisotopic (exact) mass is 320 g/mol. The van der Waals surface area contributed by atoms with Gasteiger partial charge in [-0.3, -0.25) is 4.99 Å². The third-order valence-electron chi connectivity index (χ3n) is 3.89. The molecule has 2 heteroatoms. The number of rotatable bonds is 8. The van der Waals surface area contributed by atoms with E-state index in [1.54, 1.807) is 0 Å². The first-order valence-electron chi connectivity index (χ1n) is 8.61. The van der Waals surface area contributed by atoms with Gasteiger partial charge in [0, 0.05) is 18.7 Å². The highest BCUT2D eigenvalue weighted by Crippen LogP contribution is 2.18. The first kappa shape index (κ1) is 18.2. The average molecular weight is 320 g/mol. The van der Waals surface area contributed by atoms with Crippen LogP contribution in [0.4, 0.5) is 0 Å². The molecule has 0 saturated heterocycles. The summed E-state index contributed by atoms with van der Waals surface area (Å²) < 4.78 is 0. The lowest BCUT2D eigenvalue weighted by Gasteiger charge is -2.16. The molecule has 0 aliphatic carbocycles. The molecule has 2 aromatic rings. The molecule has 0 heterocycles. The van der Waals surface area contributed by atoms with E-state index in [-0.39, 0.29) is 0 Å². The number of benzene rings is 2. The van der Waals surface area contributed by atoms with Crippen molar-refractivity contribution in [2.75, 3.05) is 27.2 Å². The van der Waals surface area contributed by atoms with Gasteiger partial charge in [-0.25, -0.2) is 0 Å². The minimum absolute atomic E-state index is 0.843. The molecular weight excluding hydrogens is 292 g/mol. The zero-order valence-electron chi connectivity index (χ0n) is 15.1. The molecule has 0 bridgehead atoms. The summed E-state index contributed by atoms with van der Waals surface area (Å²) >= 11 is 0. The fraction of sp³-hybridized carbons (Fsp3) is 0.318. The topological polar surface area (TPSA) is 15.6 Å². The van der Waals surface area contributed by atoms with E-state index >= 15 is 0 Å².